The molecule has 0 atom stereocenters. The highest BCUT2D eigenvalue weighted by atomic mass is 32.2. The minimum atomic E-state index is 0.509. The summed E-state index contributed by atoms with van der Waals surface area (Å²) in [4.78, 5) is 8.90. The monoisotopic (exact) mass is 454 g/mol. The summed E-state index contributed by atoms with van der Waals surface area (Å²) in [5, 5.41) is 3.39. The summed E-state index contributed by atoms with van der Waals surface area (Å²) in [6.45, 7) is 0.509. The molecule has 1 aliphatic carbocycles. The molecule has 5 rings (SSSR count). The Morgan fingerprint density at radius 3 is 2.45 bits per heavy atom. The first-order valence-corrected chi connectivity index (χ1v) is 12.1. The number of ether oxygens (including phenoxy) is 1. The van der Waals surface area contributed by atoms with Crippen LogP contribution in [-0.4, -0.2) is 16.0 Å². The summed E-state index contributed by atoms with van der Waals surface area (Å²) in [6.07, 6.45) is 4.20. The van der Waals surface area contributed by atoms with E-state index in [1.54, 1.807) is 18.3 Å². The van der Waals surface area contributed by atoms with E-state index in [0.29, 0.717) is 6.61 Å². The maximum absolute atomic E-state index is 6.11. The highest BCUT2D eigenvalue weighted by molar-refractivity contribution is 7.96. The highest BCUT2D eigenvalue weighted by Gasteiger charge is 2.20. The fourth-order valence-corrected chi connectivity index (χ4v) is 4.30. The largest absolute Gasteiger partial charge is 0.488 e. The molecule has 0 aliphatic heterocycles. The van der Waals surface area contributed by atoms with Gasteiger partial charge in [0.2, 0.25) is 0 Å². The second-order valence-electron chi connectivity index (χ2n) is 8.06. The maximum atomic E-state index is 6.11. The molecule has 166 valence electrons. The van der Waals surface area contributed by atoms with Gasteiger partial charge in [-0.1, -0.05) is 66.5 Å². The van der Waals surface area contributed by atoms with Gasteiger partial charge in [0.15, 0.2) is 0 Å². The van der Waals surface area contributed by atoms with E-state index in [1.165, 1.54) is 18.4 Å². The third-order valence-electron chi connectivity index (χ3n) is 5.36. The number of nitrogens with zero attached hydrogens (tertiary/aromatic N) is 2. The lowest BCUT2D eigenvalue weighted by atomic mass is 10.1. The molecule has 1 heterocycles. The normalized spacial score (nSPS) is 13.0. The van der Waals surface area contributed by atoms with Gasteiger partial charge in [-0.05, 0) is 48.2 Å². The maximum Gasteiger partial charge on any atom is 0.134 e. The van der Waals surface area contributed by atoms with Crippen molar-refractivity contribution < 1.29 is 4.74 Å². The van der Waals surface area contributed by atoms with Gasteiger partial charge >= 0.3 is 0 Å². The molecule has 5 nitrogen and oxygen atoms in total. The highest BCUT2D eigenvalue weighted by Crippen LogP contribution is 2.30. The first kappa shape index (κ1) is 21.5. The van der Waals surface area contributed by atoms with Crippen LogP contribution in [0.15, 0.2) is 91.3 Å². The number of anilines is 2. The van der Waals surface area contributed by atoms with E-state index in [4.69, 9.17) is 4.74 Å². The lowest BCUT2D eigenvalue weighted by Gasteiger charge is -2.12. The van der Waals surface area contributed by atoms with Gasteiger partial charge in [0.1, 0.15) is 24.5 Å². The predicted molar refractivity (Wildman–Crippen MR) is 135 cm³/mol. The number of hydrogen-bond donors (Lipinski definition) is 2. The summed E-state index contributed by atoms with van der Waals surface area (Å²) in [7, 11) is 0. The van der Waals surface area contributed by atoms with Crippen molar-refractivity contribution in [3.63, 3.8) is 0 Å². The van der Waals surface area contributed by atoms with E-state index in [-0.39, 0.29) is 0 Å². The van der Waals surface area contributed by atoms with Crippen molar-refractivity contribution in [3.8, 4) is 17.0 Å². The molecule has 1 aromatic heterocycles. The smallest absolute Gasteiger partial charge is 0.134 e. The number of benzene rings is 3. The third-order valence-corrected chi connectivity index (χ3v) is 6.34. The number of rotatable bonds is 10. The Hall–Kier alpha value is -3.35. The van der Waals surface area contributed by atoms with Gasteiger partial charge in [-0.3, -0.25) is 4.72 Å². The molecular formula is C27H26N4OS. The molecular weight excluding hydrogens is 428 g/mol. The number of hydrogen-bond acceptors (Lipinski definition) is 6. The van der Waals surface area contributed by atoms with E-state index >= 15 is 0 Å². The topological polar surface area (TPSA) is 59.1 Å². The van der Waals surface area contributed by atoms with Crippen molar-refractivity contribution in [3.05, 3.63) is 102 Å². The standard InChI is InChI=1S/C27H26N4OS/c1-2-6-20(7-3-1)17-32-26-9-5-4-8-24(26)25-16-27(29-19-28-25)30-22-12-10-21(11-13-22)18-33-31-23-14-15-23/h1-13,16,19,23,31H,14-15,17-18H2,(H,28,29,30). The molecule has 2 N–H and O–H groups in total. The second-order valence-corrected chi connectivity index (χ2v) is 8.87. The van der Waals surface area contributed by atoms with Crippen LogP contribution in [0.2, 0.25) is 0 Å². The number of para-hydroxylation sites is 1. The molecule has 6 heteroatoms. The summed E-state index contributed by atoms with van der Waals surface area (Å²) < 4.78 is 9.59. The molecule has 33 heavy (non-hydrogen) atoms. The fourth-order valence-electron chi connectivity index (χ4n) is 3.39. The van der Waals surface area contributed by atoms with Crippen molar-refractivity contribution in [1.29, 1.82) is 0 Å². The predicted octanol–water partition coefficient (Wildman–Crippen LogP) is 6.37. The first-order chi connectivity index (χ1) is 16.3. The Morgan fingerprint density at radius 1 is 0.848 bits per heavy atom. The molecule has 0 bridgehead atoms. The van der Waals surface area contributed by atoms with Crippen molar-refractivity contribution in [1.82, 2.24) is 14.7 Å². The van der Waals surface area contributed by atoms with Crippen LogP contribution in [0.1, 0.15) is 24.0 Å². The molecule has 0 spiro atoms. The summed E-state index contributed by atoms with van der Waals surface area (Å²) >= 11 is 1.79. The molecule has 0 radical (unpaired) electrons. The molecule has 1 fully saturated rings. The Labute approximate surface area is 198 Å². The van der Waals surface area contributed by atoms with Crippen LogP contribution in [0.3, 0.4) is 0 Å². The Balaban J connectivity index is 1.25. The van der Waals surface area contributed by atoms with Crippen LogP contribution in [0.25, 0.3) is 11.3 Å². The average Bonchev–Trinajstić information content (AvgIpc) is 3.69. The van der Waals surface area contributed by atoms with Crippen LogP contribution in [0.4, 0.5) is 11.5 Å². The van der Waals surface area contributed by atoms with Gasteiger partial charge < -0.3 is 10.1 Å². The van der Waals surface area contributed by atoms with E-state index in [1.807, 2.05) is 48.5 Å². The zero-order valence-corrected chi connectivity index (χ0v) is 19.1. The van der Waals surface area contributed by atoms with Crippen molar-refractivity contribution in [2.24, 2.45) is 0 Å². The molecule has 0 saturated heterocycles. The average molecular weight is 455 g/mol. The van der Waals surface area contributed by atoms with Gasteiger partial charge in [-0.15, -0.1) is 0 Å². The SMILES string of the molecule is c1ccc(COc2ccccc2-c2cc(Nc3ccc(CSNC4CC4)cc3)ncn2)cc1. The summed E-state index contributed by atoms with van der Waals surface area (Å²) in [6, 6.07) is 29.3. The minimum absolute atomic E-state index is 0.509. The van der Waals surface area contributed by atoms with Gasteiger partial charge in [0, 0.05) is 29.1 Å². The van der Waals surface area contributed by atoms with Crippen LogP contribution in [-0.2, 0) is 12.4 Å². The van der Waals surface area contributed by atoms with E-state index in [9.17, 15) is 0 Å². The summed E-state index contributed by atoms with van der Waals surface area (Å²) in [5.41, 5.74) is 5.18. The molecule has 1 aliphatic rings. The van der Waals surface area contributed by atoms with Crippen LogP contribution < -0.4 is 14.8 Å². The van der Waals surface area contributed by atoms with Gasteiger partial charge in [-0.2, -0.15) is 0 Å². The second kappa shape index (κ2) is 10.5. The Morgan fingerprint density at radius 2 is 1.64 bits per heavy atom. The zero-order valence-electron chi connectivity index (χ0n) is 18.3. The van der Waals surface area contributed by atoms with Gasteiger partial charge in [0.05, 0.1) is 5.69 Å². The van der Waals surface area contributed by atoms with E-state index < -0.39 is 0 Å². The molecule has 1 saturated carbocycles. The van der Waals surface area contributed by atoms with E-state index in [0.717, 1.165) is 45.9 Å². The molecule has 0 unspecified atom stereocenters. The van der Waals surface area contributed by atoms with Gasteiger partial charge in [0.25, 0.3) is 0 Å². The molecule has 0 amide bonds. The first-order valence-electron chi connectivity index (χ1n) is 11.1. The van der Waals surface area contributed by atoms with Crippen LogP contribution in [0, 0.1) is 0 Å². The quantitative estimate of drug-likeness (QED) is 0.272. The number of aromatic nitrogens is 2. The van der Waals surface area contributed by atoms with Gasteiger partial charge in [-0.25, -0.2) is 9.97 Å². The summed E-state index contributed by atoms with van der Waals surface area (Å²) in [5.74, 6) is 2.51. The van der Waals surface area contributed by atoms with E-state index in [2.05, 4.69) is 56.4 Å². The third kappa shape index (κ3) is 6.12. The fraction of sp³-hybridized carbons (Fsp3) is 0.185. The number of nitrogens with one attached hydrogen (secondary N) is 2. The van der Waals surface area contributed by atoms with Crippen molar-refractivity contribution >= 4 is 23.5 Å². The van der Waals surface area contributed by atoms with Crippen molar-refractivity contribution in [2.75, 3.05) is 5.32 Å². The molecule has 3 aromatic carbocycles. The lowest BCUT2D eigenvalue weighted by molar-refractivity contribution is 0.307. The lowest BCUT2D eigenvalue weighted by Crippen LogP contribution is -2.05. The molecule has 4 aromatic rings. The zero-order chi connectivity index (χ0) is 22.3. The Kier molecular flexibility index (Phi) is 6.85. The van der Waals surface area contributed by atoms with Crippen LogP contribution in [0.5, 0.6) is 5.75 Å². The van der Waals surface area contributed by atoms with Crippen LogP contribution >= 0.6 is 11.9 Å². The Bertz CT molecular complexity index is 1180. The van der Waals surface area contributed by atoms with Crippen molar-refractivity contribution in [2.45, 2.75) is 31.2 Å². The minimum Gasteiger partial charge on any atom is -0.488 e.